The number of aryl methyl sites for hydroxylation is 1. The van der Waals surface area contributed by atoms with Crippen molar-refractivity contribution in [3.63, 3.8) is 0 Å². The Labute approximate surface area is 160 Å². The molecule has 0 bridgehead atoms. The number of hydrogen-bond donors (Lipinski definition) is 2. The molecule has 3 aromatic heterocycles. The predicted octanol–water partition coefficient (Wildman–Crippen LogP) is 3.23. The molecule has 1 saturated carbocycles. The molecule has 142 valence electrons. The molecule has 1 fully saturated rings. The summed E-state index contributed by atoms with van der Waals surface area (Å²) < 4.78 is 5.41. The van der Waals surface area contributed by atoms with Crippen LogP contribution in [0, 0.1) is 18.8 Å². The van der Waals surface area contributed by atoms with E-state index in [2.05, 4.69) is 63.5 Å². The smallest absolute Gasteiger partial charge is 0.249 e. The highest BCUT2D eigenvalue weighted by Crippen LogP contribution is 2.50. The Morgan fingerprint density at radius 3 is 2.96 bits per heavy atom. The lowest BCUT2D eigenvalue weighted by Gasteiger charge is -2.17. The third-order valence-corrected chi connectivity index (χ3v) is 5.78. The van der Waals surface area contributed by atoms with E-state index in [0.29, 0.717) is 29.4 Å². The number of aromatic nitrogens is 5. The van der Waals surface area contributed by atoms with Crippen LogP contribution < -0.4 is 5.32 Å². The zero-order chi connectivity index (χ0) is 19.0. The third-order valence-electron chi connectivity index (χ3n) is 4.64. The van der Waals surface area contributed by atoms with Gasteiger partial charge >= 0.3 is 0 Å². The van der Waals surface area contributed by atoms with Crippen LogP contribution in [0.2, 0.25) is 0 Å². The molecule has 4 rings (SSSR count). The SMILES string of the molecule is Cc1ccc([C@@H]2C[C@H]2C(=O)N[C@@H](CC(C)C)c2nc(-c3ncn[nH]3)no2)s1. The van der Waals surface area contributed by atoms with Crippen LogP contribution in [0.5, 0.6) is 0 Å². The summed E-state index contributed by atoms with van der Waals surface area (Å²) in [5, 5.41) is 13.6. The minimum atomic E-state index is -0.312. The molecule has 0 aliphatic heterocycles. The van der Waals surface area contributed by atoms with Crippen LogP contribution in [0.3, 0.4) is 0 Å². The lowest BCUT2D eigenvalue weighted by Crippen LogP contribution is -2.31. The van der Waals surface area contributed by atoms with Crippen LogP contribution in [0.4, 0.5) is 0 Å². The van der Waals surface area contributed by atoms with Gasteiger partial charge in [0.2, 0.25) is 17.6 Å². The van der Waals surface area contributed by atoms with E-state index in [1.807, 2.05) is 0 Å². The summed E-state index contributed by atoms with van der Waals surface area (Å²) in [6.07, 6.45) is 3.00. The van der Waals surface area contributed by atoms with Crippen molar-refractivity contribution < 1.29 is 9.32 Å². The number of rotatable bonds is 7. The fourth-order valence-electron chi connectivity index (χ4n) is 3.21. The van der Waals surface area contributed by atoms with E-state index >= 15 is 0 Å². The van der Waals surface area contributed by atoms with Crippen molar-refractivity contribution in [2.75, 3.05) is 0 Å². The number of H-pyrrole nitrogens is 1. The molecule has 0 spiro atoms. The molecule has 0 aromatic carbocycles. The minimum Gasteiger partial charge on any atom is -0.344 e. The summed E-state index contributed by atoms with van der Waals surface area (Å²) >= 11 is 1.77. The Bertz CT molecular complexity index is 916. The van der Waals surface area contributed by atoms with Crippen molar-refractivity contribution in [3.05, 3.63) is 34.1 Å². The first-order valence-corrected chi connectivity index (χ1v) is 9.89. The molecule has 1 aliphatic rings. The second-order valence-corrected chi connectivity index (χ2v) is 8.70. The number of carbonyl (C=O) groups excluding carboxylic acids is 1. The molecule has 0 unspecified atom stereocenters. The zero-order valence-corrected chi connectivity index (χ0v) is 16.3. The molecule has 8 nitrogen and oxygen atoms in total. The molecule has 3 atom stereocenters. The molecule has 3 heterocycles. The van der Waals surface area contributed by atoms with E-state index in [4.69, 9.17) is 4.52 Å². The van der Waals surface area contributed by atoms with Gasteiger partial charge in [-0.3, -0.25) is 9.89 Å². The minimum absolute atomic E-state index is 0.0226. The number of nitrogens with zero attached hydrogens (tertiary/aromatic N) is 4. The van der Waals surface area contributed by atoms with Gasteiger partial charge < -0.3 is 9.84 Å². The number of thiophene rings is 1. The van der Waals surface area contributed by atoms with Crippen LogP contribution in [0.1, 0.15) is 54.3 Å². The summed E-state index contributed by atoms with van der Waals surface area (Å²) in [5.41, 5.74) is 0. The van der Waals surface area contributed by atoms with Gasteiger partial charge in [-0.2, -0.15) is 10.1 Å². The number of aromatic amines is 1. The summed E-state index contributed by atoms with van der Waals surface area (Å²) in [6, 6.07) is 3.93. The van der Waals surface area contributed by atoms with Crippen molar-refractivity contribution in [1.29, 1.82) is 0 Å². The highest BCUT2D eigenvalue weighted by molar-refractivity contribution is 7.12. The second-order valence-electron chi connectivity index (χ2n) is 7.38. The summed E-state index contributed by atoms with van der Waals surface area (Å²) in [7, 11) is 0. The van der Waals surface area contributed by atoms with Crippen LogP contribution >= 0.6 is 11.3 Å². The first kappa shape index (κ1) is 17.8. The summed E-state index contributed by atoms with van der Waals surface area (Å²) in [4.78, 5) is 23.8. The van der Waals surface area contributed by atoms with Crippen molar-refractivity contribution in [1.82, 2.24) is 30.6 Å². The van der Waals surface area contributed by atoms with Crippen molar-refractivity contribution in [3.8, 4) is 11.6 Å². The van der Waals surface area contributed by atoms with Gasteiger partial charge in [-0.05, 0) is 37.8 Å². The standard InChI is InChI=1S/C18H22N6O2S/c1-9(2)6-13(18-22-16(24-26-18)15-19-8-20-23-15)21-17(25)12-7-11(12)14-5-4-10(3)27-14/h4-5,8-9,11-13H,6-7H2,1-3H3,(H,21,25)(H,19,20,23)/t11-,12-,13+/m1/s1. The zero-order valence-electron chi connectivity index (χ0n) is 15.5. The molecule has 1 aliphatic carbocycles. The Balaban J connectivity index is 1.46. The van der Waals surface area contributed by atoms with Gasteiger partial charge in [-0.15, -0.1) is 11.3 Å². The van der Waals surface area contributed by atoms with E-state index in [1.54, 1.807) is 11.3 Å². The first-order valence-electron chi connectivity index (χ1n) is 9.07. The van der Waals surface area contributed by atoms with E-state index in [1.165, 1.54) is 16.1 Å². The van der Waals surface area contributed by atoms with Gasteiger partial charge in [0.05, 0.1) is 0 Å². The molecule has 27 heavy (non-hydrogen) atoms. The van der Waals surface area contributed by atoms with E-state index in [0.717, 1.165) is 12.8 Å². The van der Waals surface area contributed by atoms with Crippen LogP contribution in [0.15, 0.2) is 23.0 Å². The summed E-state index contributed by atoms with van der Waals surface area (Å²) in [5.74, 6) is 1.94. The lowest BCUT2D eigenvalue weighted by molar-refractivity contribution is -0.123. The van der Waals surface area contributed by atoms with Gasteiger partial charge in [-0.1, -0.05) is 19.0 Å². The maximum Gasteiger partial charge on any atom is 0.249 e. The molecule has 2 N–H and O–H groups in total. The Morgan fingerprint density at radius 1 is 1.44 bits per heavy atom. The van der Waals surface area contributed by atoms with E-state index < -0.39 is 0 Å². The third kappa shape index (κ3) is 3.92. The quantitative estimate of drug-likeness (QED) is 0.645. The average Bonchev–Trinajstić information content (AvgIpc) is 3.04. The average molecular weight is 386 g/mol. The second kappa shape index (κ2) is 7.22. The Morgan fingerprint density at radius 2 is 2.30 bits per heavy atom. The number of carbonyl (C=O) groups is 1. The molecule has 9 heteroatoms. The van der Waals surface area contributed by atoms with Crippen molar-refractivity contribution in [2.45, 2.75) is 45.6 Å². The Hall–Kier alpha value is -2.55. The first-order chi connectivity index (χ1) is 13.0. The largest absolute Gasteiger partial charge is 0.344 e. The molecular formula is C18H22N6O2S. The van der Waals surface area contributed by atoms with Gasteiger partial charge in [0, 0.05) is 21.6 Å². The van der Waals surface area contributed by atoms with Crippen molar-refractivity contribution in [2.24, 2.45) is 11.8 Å². The predicted molar refractivity (Wildman–Crippen MR) is 99.9 cm³/mol. The molecular weight excluding hydrogens is 364 g/mol. The fraction of sp³-hybridized carbons (Fsp3) is 0.500. The van der Waals surface area contributed by atoms with Gasteiger partial charge in [0.1, 0.15) is 12.4 Å². The maximum atomic E-state index is 12.8. The number of hydrogen-bond acceptors (Lipinski definition) is 7. The van der Waals surface area contributed by atoms with Gasteiger partial charge in [0.25, 0.3) is 0 Å². The number of amides is 1. The van der Waals surface area contributed by atoms with Gasteiger partial charge in [-0.25, -0.2) is 4.98 Å². The van der Waals surface area contributed by atoms with Crippen LogP contribution in [0.25, 0.3) is 11.6 Å². The molecule has 0 saturated heterocycles. The topological polar surface area (TPSA) is 110 Å². The maximum absolute atomic E-state index is 12.8. The lowest BCUT2D eigenvalue weighted by atomic mass is 10.0. The van der Waals surface area contributed by atoms with Crippen LogP contribution in [-0.2, 0) is 4.79 Å². The normalized spacial score (nSPS) is 20.0. The highest BCUT2D eigenvalue weighted by Gasteiger charge is 2.45. The Kier molecular flexibility index (Phi) is 4.77. The van der Waals surface area contributed by atoms with E-state index in [9.17, 15) is 4.79 Å². The van der Waals surface area contributed by atoms with Gasteiger partial charge in [0.15, 0.2) is 5.82 Å². The fourth-order valence-corrected chi connectivity index (χ4v) is 4.27. The molecule has 3 aromatic rings. The highest BCUT2D eigenvalue weighted by atomic mass is 32.1. The molecule has 0 radical (unpaired) electrons. The van der Waals surface area contributed by atoms with Crippen molar-refractivity contribution >= 4 is 17.2 Å². The van der Waals surface area contributed by atoms with E-state index in [-0.39, 0.29) is 17.9 Å². The summed E-state index contributed by atoms with van der Waals surface area (Å²) in [6.45, 7) is 6.29. The monoisotopic (exact) mass is 386 g/mol. The number of nitrogens with one attached hydrogen (secondary N) is 2. The molecule has 1 amide bonds. The van der Waals surface area contributed by atoms with Crippen LogP contribution in [-0.4, -0.2) is 31.2 Å².